The molecule has 1 saturated heterocycles. The number of Topliss-reactive ketones (excluding diaryl/α,β-unsaturated/α-hetero) is 1. The van der Waals surface area contributed by atoms with Crippen molar-refractivity contribution in [1.82, 2.24) is 15.2 Å². The van der Waals surface area contributed by atoms with Crippen LogP contribution >= 0.6 is 0 Å². The van der Waals surface area contributed by atoms with Gasteiger partial charge in [-0.1, -0.05) is 6.92 Å². The van der Waals surface area contributed by atoms with Crippen molar-refractivity contribution in [3.05, 3.63) is 29.1 Å². The Labute approximate surface area is 129 Å². The second-order valence-corrected chi connectivity index (χ2v) is 5.88. The molecule has 6 nitrogen and oxygen atoms in total. The Kier molecular flexibility index (Phi) is 4.11. The van der Waals surface area contributed by atoms with Crippen LogP contribution in [0.15, 0.2) is 16.2 Å². The monoisotopic (exact) mass is 303 g/mol. The van der Waals surface area contributed by atoms with Gasteiger partial charge in [0, 0.05) is 25.1 Å². The van der Waals surface area contributed by atoms with E-state index in [9.17, 15) is 9.59 Å². The lowest BCUT2D eigenvalue weighted by Gasteiger charge is -2.20. The summed E-state index contributed by atoms with van der Waals surface area (Å²) in [7, 11) is 2.12. The van der Waals surface area contributed by atoms with Crippen LogP contribution in [0, 0.1) is 0 Å². The lowest BCUT2D eigenvalue weighted by molar-refractivity contribution is 0.0955. The minimum Gasteiger partial charge on any atom is -0.436 e. The van der Waals surface area contributed by atoms with Crippen LogP contribution in [0.25, 0.3) is 0 Å². The summed E-state index contributed by atoms with van der Waals surface area (Å²) in [4.78, 5) is 30.8. The number of fused-ring (bicyclic) bond motifs is 1. The van der Waals surface area contributed by atoms with Crippen LogP contribution in [0.3, 0.4) is 0 Å². The van der Waals surface area contributed by atoms with Crippen molar-refractivity contribution >= 4 is 11.6 Å². The molecular formula is C16H21N3O3. The Hall–Kier alpha value is -1.95. The van der Waals surface area contributed by atoms with E-state index >= 15 is 0 Å². The van der Waals surface area contributed by atoms with Crippen molar-refractivity contribution in [2.45, 2.75) is 38.6 Å². The highest BCUT2D eigenvalue weighted by atomic mass is 16.4. The first kappa shape index (κ1) is 15.0. The maximum Gasteiger partial charge on any atom is 0.246 e. The number of aryl methyl sites for hydroxylation is 1. The molecule has 1 unspecified atom stereocenters. The number of aromatic nitrogens is 1. The second kappa shape index (κ2) is 6.04. The van der Waals surface area contributed by atoms with Gasteiger partial charge in [0.15, 0.2) is 11.6 Å². The van der Waals surface area contributed by atoms with Crippen LogP contribution in [-0.2, 0) is 6.42 Å². The van der Waals surface area contributed by atoms with Crippen LogP contribution in [0.4, 0.5) is 0 Å². The van der Waals surface area contributed by atoms with Crippen molar-refractivity contribution in [2.24, 2.45) is 0 Å². The topological polar surface area (TPSA) is 75.4 Å². The molecule has 1 aliphatic heterocycles. The number of allylic oxidation sites excluding steroid dienone is 2. The minimum absolute atomic E-state index is 0.0739. The number of nitrogens with one attached hydrogen (secondary N) is 1. The van der Waals surface area contributed by atoms with Crippen LogP contribution < -0.4 is 5.32 Å². The fourth-order valence-corrected chi connectivity index (χ4v) is 3.07. The van der Waals surface area contributed by atoms with Crippen LogP contribution in [0.5, 0.6) is 0 Å². The Morgan fingerprint density at radius 1 is 1.45 bits per heavy atom. The molecule has 1 aromatic heterocycles. The standard InChI is InChI=1S/C16H21N3O3/c1-3-13-18-14-12(20)9-11(15(21)16(14)22-13)17-7-6-10-5-4-8-19(10)2/h9-10,17H,3-8H2,1-2H3. The lowest BCUT2D eigenvalue weighted by Crippen LogP contribution is -2.32. The molecule has 0 bridgehead atoms. The largest absolute Gasteiger partial charge is 0.436 e. The van der Waals surface area contributed by atoms with E-state index in [0.29, 0.717) is 30.6 Å². The highest BCUT2D eigenvalue weighted by molar-refractivity contribution is 6.22. The van der Waals surface area contributed by atoms with Crippen LogP contribution in [0.2, 0.25) is 0 Å². The number of hydrogen-bond donors (Lipinski definition) is 1. The normalized spacial score (nSPS) is 21.9. The first-order chi connectivity index (χ1) is 10.6. The lowest BCUT2D eigenvalue weighted by atomic mass is 10.0. The fourth-order valence-electron chi connectivity index (χ4n) is 3.07. The third-order valence-corrected chi connectivity index (χ3v) is 4.40. The SMILES string of the molecule is CCc1nc2c(o1)C(=O)C(NCCC1CCCN1C)=CC2=O. The van der Waals surface area contributed by atoms with Gasteiger partial charge in [-0.2, -0.15) is 0 Å². The molecule has 0 spiro atoms. The van der Waals surface area contributed by atoms with Gasteiger partial charge in [-0.15, -0.1) is 0 Å². The second-order valence-electron chi connectivity index (χ2n) is 5.88. The average molecular weight is 303 g/mol. The number of nitrogens with zero attached hydrogens (tertiary/aromatic N) is 2. The minimum atomic E-state index is -0.276. The molecule has 1 aliphatic carbocycles. The van der Waals surface area contributed by atoms with Crippen molar-refractivity contribution in [1.29, 1.82) is 0 Å². The summed E-state index contributed by atoms with van der Waals surface area (Å²) in [6, 6.07) is 0.551. The average Bonchev–Trinajstić information content (AvgIpc) is 3.11. The summed E-state index contributed by atoms with van der Waals surface area (Å²) in [6.07, 6.45) is 5.27. The van der Waals surface area contributed by atoms with Gasteiger partial charge in [0.05, 0.1) is 5.70 Å². The molecule has 0 amide bonds. The van der Waals surface area contributed by atoms with E-state index in [1.165, 1.54) is 18.9 Å². The van der Waals surface area contributed by atoms with Crippen LogP contribution in [0.1, 0.15) is 53.1 Å². The van der Waals surface area contributed by atoms with E-state index in [2.05, 4.69) is 22.2 Å². The van der Waals surface area contributed by atoms with Gasteiger partial charge in [0.25, 0.3) is 0 Å². The number of rotatable bonds is 5. The van der Waals surface area contributed by atoms with Gasteiger partial charge in [-0.25, -0.2) is 4.98 Å². The first-order valence-electron chi connectivity index (χ1n) is 7.84. The molecular weight excluding hydrogens is 282 g/mol. The summed E-state index contributed by atoms with van der Waals surface area (Å²) in [5.74, 6) is -0.0427. The smallest absolute Gasteiger partial charge is 0.246 e. The highest BCUT2D eigenvalue weighted by Gasteiger charge is 2.31. The number of likely N-dealkylation sites (tertiary alicyclic amines) is 1. The molecule has 22 heavy (non-hydrogen) atoms. The van der Waals surface area contributed by atoms with Gasteiger partial charge >= 0.3 is 0 Å². The quantitative estimate of drug-likeness (QED) is 0.890. The first-order valence-corrected chi connectivity index (χ1v) is 7.84. The fraction of sp³-hybridized carbons (Fsp3) is 0.562. The van der Waals surface area contributed by atoms with Gasteiger partial charge in [-0.3, -0.25) is 9.59 Å². The predicted octanol–water partition coefficient (Wildman–Crippen LogP) is 1.57. The van der Waals surface area contributed by atoms with Gasteiger partial charge < -0.3 is 14.6 Å². The van der Waals surface area contributed by atoms with Gasteiger partial charge in [-0.05, 0) is 32.9 Å². The summed E-state index contributed by atoms with van der Waals surface area (Å²) < 4.78 is 5.39. The molecule has 6 heteroatoms. The summed E-state index contributed by atoms with van der Waals surface area (Å²) >= 11 is 0. The Morgan fingerprint density at radius 3 is 2.95 bits per heavy atom. The summed E-state index contributed by atoms with van der Waals surface area (Å²) in [5, 5.41) is 3.09. The Bertz CT molecular complexity index is 633. The summed E-state index contributed by atoms with van der Waals surface area (Å²) in [6.45, 7) is 3.67. The molecule has 1 atom stereocenters. The zero-order chi connectivity index (χ0) is 15.7. The van der Waals surface area contributed by atoms with Crippen molar-refractivity contribution in [2.75, 3.05) is 20.1 Å². The van der Waals surface area contributed by atoms with E-state index < -0.39 is 0 Å². The van der Waals surface area contributed by atoms with E-state index in [0.717, 1.165) is 13.0 Å². The number of ketones is 2. The number of oxazole rings is 1. The Morgan fingerprint density at radius 2 is 2.27 bits per heavy atom. The number of hydrogen-bond acceptors (Lipinski definition) is 6. The maximum absolute atomic E-state index is 12.4. The molecule has 118 valence electrons. The van der Waals surface area contributed by atoms with Crippen molar-refractivity contribution in [3.8, 4) is 0 Å². The molecule has 1 aromatic rings. The van der Waals surface area contributed by atoms with Gasteiger partial charge in [0.2, 0.25) is 17.3 Å². The highest BCUT2D eigenvalue weighted by Crippen LogP contribution is 2.22. The van der Waals surface area contributed by atoms with Crippen molar-refractivity contribution in [3.63, 3.8) is 0 Å². The zero-order valence-corrected chi connectivity index (χ0v) is 13.0. The molecule has 2 heterocycles. The predicted molar refractivity (Wildman–Crippen MR) is 80.9 cm³/mol. The third kappa shape index (κ3) is 2.70. The molecule has 2 aliphatic rings. The van der Waals surface area contributed by atoms with E-state index in [1.807, 2.05) is 6.92 Å². The number of carbonyl (C=O) groups excluding carboxylic acids is 2. The molecule has 1 fully saturated rings. The maximum atomic E-state index is 12.4. The molecule has 0 saturated carbocycles. The third-order valence-electron chi connectivity index (χ3n) is 4.40. The van der Waals surface area contributed by atoms with E-state index in [4.69, 9.17) is 4.42 Å². The van der Waals surface area contributed by atoms with Gasteiger partial charge in [0.1, 0.15) is 0 Å². The molecule has 3 rings (SSSR count). The summed E-state index contributed by atoms with van der Waals surface area (Å²) in [5.41, 5.74) is 0.458. The van der Waals surface area contributed by atoms with E-state index in [-0.39, 0.29) is 23.0 Å². The van der Waals surface area contributed by atoms with Crippen LogP contribution in [-0.4, -0.2) is 47.6 Å². The molecule has 0 aromatic carbocycles. The Balaban J connectivity index is 1.64. The van der Waals surface area contributed by atoms with E-state index in [1.54, 1.807) is 0 Å². The zero-order valence-electron chi connectivity index (χ0n) is 13.0. The molecule has 0 radical (unpaired) electrons. The molecule has 1 N–H and O–H groups in total. The van der Waals surface area contributed by atoms with Crippen molar-refractivity contribution < 1.29 is 14.0 Å². The number of carbonyl (C=O) groups is 2.